The molecule has 5 rings (SSSR count). The third-order valence-electron chi connectivity index (χ3n) is 5.76. The van der Waals surface area contributed by atoms with E-state index in [2.05, 4.69) is 0 Å². The number of ketones is 1. The van der Waals surface area contributed by atoms with Crippen molar-refractivity contribution in [3.63, 3.8) is 0 Å². The lowest BCUT2D eigenvalue weighted by Gasteiger charge is -2.10. The van der Waals surface area contributed by atoms with Crippen molar-refractivity contribution in [3.8, 4) is 17.2 Å². The van der Waals surface area contributed by atoms with Crippen LogP contribution in [0, 0.1) is 6.92 Å². The van der Waals surface area contributed by atoms with E-state index >= 15 is 0 Å². The molecule has 0 bridgehead atoms. The summed E-state index contributed by atoms with van der Waals surface area (Å²) in [5, 5.41) is 0.950. The smallest absolute Gasteiger partial charge is 0.343 e. The highest BCUT2D eigenvalue weighted by atomic mass is 16.5. The number of hydrogen-bond donors (Lipinski definition) is 0. The number of carbonyl (C=O) groups excluding carboxylic acids is 2. The van der Waals surface area contributed by atoms with Crippen LogP contribution in [0.15, 0.2) is 72.6 Å². The number of ether oxygens (including phenoxy) is 3. The van der Waals surface area contributed by atoms with Gasteiger partial charge in [-0.1, -0.05) is 18.2 Å². The molecule has 0 fully saturated rings. The maximum Gasteiger partial charge on any atom is 0.343 e. The molecule has 4 aromatic rings. The summed E-state index contributed by atoms with van der Waals surface area (Å²) in [4.78, 5) is 25.5. The molecule has 0 aliphatic carbocycles. The second-order valence-electron chi connectivity index (χ2n) is 7.84. The number of aryl methyl sites for hydroxylation is 1. The maximum absolute atomic E-state index is 13.0. The van der Waals surface area contributed by atoms with Gasteiger partial charge in [-0.2, -0.15) is 0 Å². The Hall–Kier alpha value is -4.32. The summed E-state index contributed by atoms with van der Waals surface area (Å²) in [5.74, 6) is 1.03. The van der Waals surface area contributed by atoms with Gasteiger partial charge in [-0.3, -0.25) is 4.79 Å². The summed E-state index contributed by atoms with van der Waals surface area (Å²) >= 11 is 0. The van der Waals surface area contributed by atoms with Crippen LogP contribution in [0.4, 0.5) is 0 Å². The fourth-order valence-electron chi connectivity index (χ4n) is 4.00. The first-order chi connectivity index (χ1) is 16.0. The number of aromatic nitrogens is 1. The molecule has 6 heteroatoms. The number of fused-ring (bicyclic) bond motifs is 2. The minimum atomic E-state index is -0.469. The minimum absolute atomic E-state index is 0.214. The van der Waals surface area contributed by atoms with Crippen molar-refractivity contribution in [2.75, 3.05) is 7.11 Å². The maximum atomic E-state index is 13.0. The monoisotopic (exact) mass is 439 g/mol. The molecule has 1 aliphatic rings. The molecule has 2 heterocycles. The van der Waals surface area contributed by atoms with Crippen LogP contribution in [0.25, 0.3) is 17.0 Å². The Balaban J connectivity index is 1.48. The predicted molar refractivity (Wildman–Crippen MR) is 125 cm³/mol. The molecule has 0 saturated carbocycles. The Kier molecular flexibility index (Phi) is 4.98. The molecule has 1 aliphatic heterocycles. The largest absolute Gasteiger partial charge is 0.497 e. The van der Waals surface area contributed by atoms with Crippen LogP contribution in [0.1, 0.15) is 31.8 Å². The summed E-state index contributed by atoms with van der Waals surface area (Å²) in [6.45, 7) is 1.77. The van der Waals surface area contributed by atoms with Crippen LogP contribution >= 0.6 is 0 Å². The molecule has 0 unspecified atom stereocenters. The molecular formula is C27H21NO5. The summed E-state index contributed by atoms with van der Waals surface area (Å²) in [7, 11) is 3.56. The van der Waals surface area contributed by atoms with E-state index in [1.54, 1.807) is 56.5 Å². The summed E-state index contributed by atoms with van der Waals surface area (Å²) < 4.78 is 18.9. The molecule has 0 atom stereocenters. The Morgan fingerprint density at radius 2 is 1.85 bits per heavy atom. The molecule has 3 aromatic carbocycles. The van der Waals surface area contributed by atoms with Crippen molar-refractivity contribution < 1.29 is 23.8 Å². The Labute approximate surface area is 190 Å². The summed E-state index contributed by atoms with van der Waals surface area (Å²) in [5.41, 5.74) is 3.33. The number of carbonyl (C=O) groups is 2. The number of esters is 1. The number of Topliss-reactive ketones (excluding diaryl/α,β-unsaturated/α-hetero) is 1. The number of rotatable bonds is 4. The normalized spacial score (nSPS) is 13.8. The Bertz CT molecular complexity index is 1450. The summed E-state index contributed by atoms with van der Waals surface area (Å²) in [6, 6.07) is 17.8. The highest BCUT2D eigenvalue weighted by molar-refractivity contribution is 6.15. The fourth-order valence-corrected chi connectivity index (χ4v) is 4.00. The van der Waals surface area contributed by atoms with E-state index in [-0.39, 0.29) is 11.5 Å². The second-order valence-corrected chi connectivity index (χ2v) is 7.84. The highest BCUT2D eigenvalue weighted by Gasteiger charge is 2.31. The van der Waals surface area contributed by atoms with Crippen LogP contribution in [0.5, 0.6) is 17.2 Å². The molecule has 1 aromatic heterocycles. The van der Waals surface area contributed by atoms with Crippen LogP contribution in [-0.2, 0) is 7.05 Å². The minimum Gasteiger partial charge on any atom is -0.497 e. The van der Waals surface area contributed by atoms with Gasteiger partial charge in [-0.05, 0) is 55.5 Å². The van der Waals surface area contributed by atoms with Crippen molar-refractivity contribution in [2.45, 2.75) is 6.92 Å². The van der Waals surface area contributed by atoms with Gasteiger partial charge in [0.2, 0.25) is 5.78 Å². The lowest BCUT2D eigenvalue weighted by atomic mass is 10.1. The zero-order valence-corrected chi connectivity index (χ0v) is 18.4. The molecule has 0 spiro atoms. The first-order valence-corrected chi connectivity index (χ1v) is 10.4. The predicted octanol–water partition coefficient (Wildman–Crippen LogP) is 5.33. The van der Waals surface area contributed by atoms with Gasteiger partial charge in [0.1, 0.15) is 17.2 Å². The van der Waals surface area contributed by atoms with Crippen LogP contribution in [-0.4, -0.2) is 23.4 Å². The Morgan fingerprint density at radius 3 is 2.61 bits per heavy atom. The summed E-state index contributed by atoms with van der Waals surface area (Å²) in [6.07, 6.45) is 3.68. The van der Waals surface area contributed by atoms with Gasteiger partial charge >= 0.3 is 5.97 Å². The van der Waals surface area contributed by atoms with E-state index in [9.17, 15) is 9.59 Å². The molecule has 0 saturated heterocycles. The fraction of sp³-hybridized carbons (Fsp3) is 0.111. The van der Waals surface area contributed by atoms with Gasteiger partial charge in [0.05, 0.1) is 18.2 Å². The third kappa shape index (κ3) is 3.55. The molecule has 33 heavy (non-hydrogen) atoms. The average Bonchev–Trinajstić information content (AvgIpc) is 3.32. The first-order valence-electron chi connectivity index (χ1n) is 10.4. The van der Waals surface area contributed by atoms with Crippen molar-refractivity contribution in [1.29, 1.82) is 0 Å². The van der Waals surface area contributed by atoms with Crippen molar-refractivity contribution in [1.82, 2.24) is 4.57 Å². The average molecular weight is 439 g/mol. The van der Waals surface area contributed by atoms with Crippen molar-refractivity contribution in [3.05, 3.63) is 94.9 Å². The molecule has 164 valence electrons. The molecule has 0 N–H and O–H groups in total. The van der Waals surface area contributed by atoms with Gasteiger partial charge < -0.3 is 18.8 Å². The standard InChI is InChI=1S/C27H21NO5/c1-16-23(33-27(30)17-7-5-4-6-8-17)12-10-20-25(29)24(32-26(16)20)13-18-15-28(2)22-11-9-19(31-3)14-21(18)22/h4-15H,1-3H3/b24-13+. The Morgan fingerprint density at radius 1 is 1.06 bits per heavy atom. The van der Waals surface area contributed by atoms with Crippen molar-refractivity contribution in [2.24, 2.45) is 7.05 Å². The van der Waals surface area contributed by atoms with E-state index in [4.69, 9.17) is 14.2 Å². The van der Waals surface area contributed by atoms with E-state index in [1.165, 1.54) is 0 Å². The van der Waals surface area contributed by atoms with E-state index in [0.29, 0.717) is 28.2 Å². The van der Waals surface area contributed by atoms with Gasteiger partial charge in [-0.15, -0.1) is 0 Å². The van der Waals surface area contributed by atoms with Crippen LogP contribution in [0.2, 0.25) is 0 Å². The molecule has 0 amide bonds. The highest BCUT2D eigenvalue weighted by Crippen LogP contribution is 2.40. The number of allylic oxidation sites excluding steroid dienone is 1. The lowest BCUT2D eigenvalue weighted by molar-refractivity contribution is 0.0733. The quantitative estimate of drug-likeness (QED) is 0.244. The second kappa shape index (κ2) is 7.98. The molecular weight excluding hydrogens is 418 g/mol. The van der Waals surface area contributed by atoms with Crippen LogP contribution in [0.3, 0.4) is 0 Å². The first kappa shape index (κ1) is 20.6. The van der Waals surface area contributed by atoms with Crippen molar-refractivity contribution >= 4 is 28.7 Å². The third-order valence-corrected chi connectivity index (χ3v) is 5.76. The SMILES string of the molecule is COc1ccc2c(c1)c(/C=C1/Oc3c(ccc(OC(=O)c4ccccc4)c3C)C1=O)cn2C. The zero-order chi connectivity index (χ0) is 23.1. The van der Waals surface area contributed by atoms with Gasteiger partial charge in [0.25, 0.3) is 0 Å². The van der Waals surface area contributed by atoms with E-state index in [0.717, 1.165) is 22.2 Å². The topological polar surface area (TPSA) is 66.8 Å². The zero-order valence-electron chi connectivity index (χ0n) is 18.4. The molecule has 0 radical (unpaired) electrons. The molecule has 6 nitrogen and oxygen atoms in total. The number of nitrogens with zero attached hydrogens (tertiary/aromatic N) is 1. The van der Waals surface area contributed by atoms with Gasteiger partial charge in [0, 0.05) is 35.3 Å². The number of methoxy groups -OCH3 is 1. The van der Waals surface area contributed by atoms with E-state index < -0.39 is 5.97 Å². The van der Waals surface area contributed by atoms with Gasteiger partial charge in [-0.25, -0.2) is 4.79 Å². The van der Waals surface area contributed by atoms with E-state index in [1.807, 2.05) is 42.1 Å². The lowest BCUT2D eigenvalue weighted by Crippen LogP contribution is -2.09. The van der Waals surface area contributed by atoms with Crippen LogP contribution < -0.4 is 14.2 Å². The number of benzene rings is 3. The number of hydrogen-bond acceptors (Lipinski definition) is 5. The van der Waals surface area contributed by atoms with Gasteiger partial charge in [0.15, 0.2) is 5.76 Å².